The zero-order valence-electron chi connectivity index (χ0n) is 8.48. The van der Waals surface area contributed by atoms with Gasteiger partial charge in [0.25, 0.3) is 0 Å². The summed E-state index contributed by atoms with van der Waals surface area (Å²) in [6.07, 6.45) is 6.02. The summed E-state index contributed by atoms with van der Waals surface area (Å²) < 4.78 is 0. The third-order valence-corrected chi connectivity index (χ3v) is 2.53. The standard InChI is InChI=1S/C10H10N4O2/c11-13-5-9(15)7-3-1-2-4-8(7)10(16)6-14-12/h1-2,5-8H,3-4H2/t7-,8-/m0/s1. The van der Waals surface area contributed by atoms with E-state index in [1.165, 1.54) is 0 Å². The molecule has 2 atom stereocenters. The monoisotopic (exact) mass is 218 g/mol. The molecule has 16 heavy (non-hydrogen) atoms. The fraction of sp³-hybridized carbons (Fsp3) is 0.400. The first kappa shape index (κ1) is 11.9. The van der Waals surface area contributed by atoms with Crippen LogP contribution in [0.1, 0.15) is 12.8 Å². The molecule has 0 N–H and O–H groups in total. The van der Waals surface area contributed by atoms with Gasteiger partial charge in [-0.3, -0.25) is 9.59 Å². The number of carbonyl (C=O) groups is 2. The maximum Gasteiger partial charge on any atom is 0.323 e. The molecule has 0 saturated heterocycles. The lowest BCUT2D eigenvalue weighted by Crippen LogP contribution is -2.32. The Balaban J connectivity index is 2.92. The number of Topliss-reactive ketones (excluding diaryl/α,β-unsaturated/α-hetero) is 2. The van der Waals surface area contributed by atoms with Crippen molar-refractivity contribution in [2.75, 3.05) is 0 Å². The van der Waals surface area contributed by atoms with E-state index in [4.69, 9.17) is 11.1 Å². The van der Waals surface area contributed by atoms with Gasteiger partial charge in [-0.1, -0.05) is 12.2 Å². The number of hydrogen-bond donors (Lipinski definition) is 0. The Kier molecular flexibility index (Phi) is 4.21. The van der Waals surface area contributed by atoms with Gasteiger partial charge in [-0.15, -0.1) is 0 Å². The average Bonchev–Trinajstić information content (AvgIpc) is 2.30. The highest BCUT2D eigenvalue weighted by molar-refractivity contribution is 6.31. The summed E-state index contributed by atoms with van der Waals surface area (Å²) in [7, 11) is 0. The number of carbonyl (C=O) groups excluding carboxylic acids is 2. The molecule has 0 heterocycles. The van der Waals surface area contributed by atoms with Gasteiger partial charge in [-0.25, -0.2) is 0 Å². The lowest BCUT2D eigenvalue weighted by Gasteiger charge is -2.21. The van der Waals surface area contributed by atoms with Crippen LogP contribution in [-0.4, -0.2) is 33.6 Å². The van der Waals surface area contributed by atoms with Crippen molar-refractivity contribution in [3.63, 3.8) is 0 Å². The minimum Gasteiger partial charge on any atom is -0.361 e. The first-order chi connectivity index (χ1) is 7.70. The van der Waals surface area contributed by atoms with Gasteiger partial charge < -0.3 is 11.1 Å². The van der Waals surface area contributed by atoms with Crippen molar-refractivity contribution in [3.05, 3.63) is 23.2 Å². The van der Waals surface area contributed by atoms with Crippen LogP contribution in [0.2, 0.25) is 0 Å². The van der Waals surface area contributed by atoms with Gasteiger partial charge in [0, 0.05) is 11.8 Å². The molecule has 0 bridgehead atoms. The molecule has 82 valence electrons. The molecule has 0 radical (unpaired) electrons. The number of hydrogen-bond acceptors (Lipinski definition) is 2. The summed E-state index contributed by atoms with van der Waals surface area (Å²) in [4.78, 5) is 28.3. The topological polar surface area (TPSA) is 107 Å². The van der Waals surface area contributed by atoms with Crippen molar-refractivity contribution in [3.8, 4) is 0 Å². The molecule has 0 aromatic rings. The summed E-state index contributed by atoms with van der Waals surface area (Å²) in [6.45, 7) is 0. The van der Waals surface area contributed by atoms with Crippen LogP contribution in [0, 0.1) is 11.8 Å². The van der Waals surface area contributed by atoms with Crippen LogP contribution in [0.15, 0.2) is 12.2 Å². The SMILES string of the molecule is [N-]=[N+]=CC(=O)[C@H]1CC=CC[C@@H]1C(=O)C=[N+]=[N-]. The van der Waals surface area contributed by atoms with Crippen LogP contribution in [0.5, 0.6) is 0 Å². The largest absolute Gasteiger partial charge is 0.361 e. The Labute approximate surface area is 91.8 Å². The number of ketones is 2. The molecule has 0 fully saturated rings. The molecule has 0 aromatic carbocycles. The normalized spacial score (nSPS) is 22.8. The van der Waals surface area contributed by atoms with E-state index in [9.17, 15) is 9.59 Å². The van der Waals surface area contributed by atoms with E-state index >= 15 is 0 Å². The van der Waals surface area contributed by atoms with Gasteiger partial charge in [-0.05, 0) is 12.8 Å². The molecule has 0 unspecified atom stereocenters. The maximum absolute atomic E-state index is 11.5. The quantitative estimate of drug-likeness (QED) is 0.293. The third kappa shape index (κ3) is 2.67. The van der Waals surface area contributed by atoms with Crippen LogP contribution in [0.3, 0.4) is 0 Å². The predicted molar refractivity (Wildman–Crippen MR) is 54.7 cm³/mol. The van der Waals surface area contributed by atoms with Crippen molar-refractivity contribution in [1.29, 1.82) is 0 Å². The van der Waals surface area contributed by atoms with Crippen molar-refractivity contribution < 1.29 is 19.2 Å². The molecule has 1 rings (SSSR count). The lowest BCUT2D eigenvalue weighted by atomic mass is 9.78. The van der Waals surface area contributed by atoms with Gasteiger partial charge in [0.2, 0.25) is 11.6 Å². The van der Waals surface area contributed by atoms with Crippen LogP contribution in [0.4, 0.5) is 0 Å². The van der Waals surface area contributed by atoms with Gasteiger partial charge in [0.05, 0.1) is 0 Å². The Bertz CT molecular complexity index is 388. The van der Waals surface area contributed by atoms with E-state index in [-0.39, 0.29) is 0 Å². The van der Waals surface area contributed by atoms with Crippen molar-refractivity contribution in [2.45, 2.75) is 12.8 Å². The molecule has 1 aliphatic rings. The molecule has 1 aliphatic carbocycles. The summed E-state index contributed by atoms with van der Waals surface area (Å²) in [5, 5.41) is 0. The molecular formula is C10H10N4O2. The van der Waals surface area contributed by atoms with Gasteiger partial charge in [0.1, 0.15) is 0 Å². The van der Waals surface area contributed by atoms with Crippen molar-refractivity contribution >= 4 is 24.0 Å². The van der Waals surface area contributed by atoms with E-state index in [1.807, 2.05) is 0 Å². The van der Waals surface area contributed by atoms with Crippen LogP contribution >= 0.6 is 0 Å². The summed E-state index contributed by atoms with van der Waals surface area (Å²) >= 11 is 0. The summed E-state index contributed by atoms with van der Waals surface area (Å²) in [6, 6.07) is 0. The predicted octanol–water partition coefficient (Wildman–Crippen LogP) is 0.308. The first-order valence-electron chi connectivity index (χ1n) is 4.78. The maximum atomic E-state index is 11.5. The third-order valence-electron chi connectivity index (χ3n) is 2.53. The van der Waals surface area contributed by atoms with E-state index in [0.29, 0.717) is 12.8 Å². The fourth-order valence-electron chi connectivity index (χ4n) is 1.75. The molecule has 0 amide bonds. The average molecular weight is 218 g/mol. The molecule has 0 aliphatic heterocycles. The molecule has 0 aromatic heterocycles. The number of rotatable bonds is 4. The minimum absolute atomic E-state index is 0.406. The molecule has 6 heteroatoms. The Hall–Kier alpha value is -2.16. The smallest absolute Gasteiger partial charge is 0.323 e. The Morgan fingerprint density at radius 1 is 1.00 bits per heavy atom. The molecule has 0 saturated carbocycles. The van der Waals surface area contributed by atoms with Crippen LogP contribution < -0.4 is 0 Å². The zero-order chi connectivity index (χ0) is 12.0. The van der Waals surface area contributed by atoms with Crippen molar-refractivity contribution in [1.82, 2.24) is 0 Å². The highest BCUT2D eigenvalue weighted by Gasteiger charge is 2.35. The first-order valence-corrected chi connectivity index (χ1v) is 4.78. The van der Waals surface area contributed by atoms with Crippen molar-refractivity contribution in [2.24, 2.45) is 11.8 Å². The Morgan fingerprint density at radius 2 is 1.38 bits per heavy atom. The molecule has 0 spiro atoms. The summed E-state index contributed by atoms with van der Waals surface area (Å²) in [5.41, 5.74) is 16.5. The lowest BCUT2D eigenvalue weighted by molar-refractivity contribution is -0.128. The van der Waals surface area contributed by atoms with E-state index < -0.39 is 23.4 Å². The van der Waals surface area contributed by atoms with E-state index in [2.05, 4.69) is 9.58 Å². The molecular weight excluding hydrogens is 208 g/mol. The number of nitrogens with zero attached hydrogens (tertiary/aromatic N) is 4. The highest BCUT2D eigenvalue weighted by Crippen LogP contribution is 2.26. The summed E-state index contributed by atoms with van der Waals surface area (Å²) in [5.74, 6) is -1.91. The second kappa shape index (κ2) is 5.66. The second-order valence-electron chi connectivity index (χ2n) is 3.45. The minimum atomic E-state index is -0.550. The molecule has 6 nitrogen and oxygen atoms in total. The van der Waals surface area contributed by atoms with E-state index in [0.717, 1.165) is 12.4 Å². The number of allylic oxidation sites excluding steroid dienone is 2. The Morgan fingerprint density at radius 3 is 1.69 bits per heavy atom. The van der Waals surface area contributed by atoms with Gasteiger partial charge in [0.15, 0.2) is 0 Å². The van der Waals surface area contributed by atoms with Crippen LogP contribution in [-0.2, 0) is 9.59 Å². The highest BCUT2D eigenvalue weighted by atomic mass is 16.1. The van der Waals surface area contributed by atoms with Gasteiger partial charge in [-0.2, -0.15) is 9.58 Å². The fourth-order valence-corrected chi connectivity index (χ4v) is 1.75. The van der Waals surface area contributed by atoms with E-state index in [1.54, 1.807) is 12.2 Å². The second-order valence-corrected chi connectivity index (χ2v) is 3.45. The van der Waals surface area contributed by atoms with Gasteiger partial charge >= 0.3 is 12.4 Å². The zero-order valence-corrected chi connectivity index (χ0v) is 8.48. The van der Waals surface area contributed by atoms with Crippen LogP contribution in [0.25, 0.3) is 11.1 Å².